The molecule has 1 aliphatic carbocycles. The molecule has 1 heterocycles. The van der Waals surface area contributed by atoms with Crippen LogP contribution in [0.15, 0.2) is 18.2 Å². The number of rotatable bonds is 3. The van der Waals surface area contributed by atoms with Crippen molar-refractivity contribution >= 4 is 23.3 Å². The van der Waals surface area contributed by atoms with Crippen LogP contribution in [-0.2, 0) is 9.59 Å². The van der Waals surface area contributed by atoms with Crippen LogP contribution in [0.25, 0.3) is 0 Å². The van der Waals surface area contributed by atoms with Crippen LogP contribution in [0.3, 0.4) is 0 Å². The van der Waals surface area contributed by atoms with Crippen molar-refractivity contribution in [1.82, 2.24) is 5.32 Å². The third-order valence-electron chi connectivity index (χ3n) is 3.18. The van der Waals surface area contributed by atoms with Crippen molar-refractivity contribution in [2.24, 2.45) is 0 Å². The zero-order valence-corrected chi connectivity index (χ0v) is 9.98. The Morgan fingerprint density at radius 2 is 2.11 bits per heavy atom. The van der Waals surface area contributed by atoms with E-state index in [-0.39, 0.29) is 29.7 Å². The predicted molar refractivity (Wildman–Crippen MR) is 64.2 cm³/mol. The lowest BCUT2D eigenvalue weighted by atomic mass is 10.1. The molecule has 0 unspecified atom stereocenters. The maximum atomic E-state index is 13.2. The standard InChI is InChI=1S/C13H11FN2O3/c14-7-1-4-9-10(5-7)16(13(19)12(9)18)6-11(17)15-8-2-3-8/h1,4-5,8H,2-3,6H2,(H,15,17). The molecule has 0 atom stereocenters. The fraction of sp³-hybridized carbons (Fsp3) is 0.308. The summed E-state index contributed by atoms with van der Waals surface area (Å²) in [5.74, 6) is -2.37. The van der Waals surface area contributed by atoms with Gasteiger partial charge in [-0.3, -0.25) is 19.3 Å². The highest BCUT2D eigenvalue weighted by Gasteiger charge is 2.37. The SMILES string of the molecule is O=C(CN1C(=O)C(=O)c2ccc(F)cc21)NC1CC1. The second-order valence-corrected chi connectivity index (χ2v) is 4.72. The molecule has 2 amide bonds. The summed E-state index contributed by atoms with van der Waals surface area (Å²) in [5.41, 5.74) is 0.312. The van der Waals surface area contributed by atoms with Gasteiger partial charge < -0.3 is 5.32 Å². The Kier molecular flexibility index (Phi) is 2.58. The van der Waals surface area contributed by atoms with E-state index in [0.29, 0.717) is 0 Å². The van der Waals surface area contributed by atoms with Crippen LogP contribution >= 0.6 is 0 Å². The Morgan fingerprint density at radius 1 is 1.37 bits per heavy atom. The van der Waals surface area contributed by atoms with Crippen molar-refractivity contribution in [3.05, 3.63) is 29.6 Å². The summed E-state index contributed by atoms with van der Waals surface area (Å²) in [5, 5.41) is 2.72. The molecule has 1 saturated carbocycles. The molecule has 1 aromatic carbocycles. The Hall–Kier alpha value is -2.24. The molecule has 19 heavy (non-hydrogen) atoms. The number of hydrogen-bond donors (Lipinski definition) is 1. The van der Waals surface area contributed by atoms with Gasteiger partial charge in [0.25, 0.3) is 11.7 Å². The van der Waals surface area contributed by atoms with Gasteiger partial charge in [0.15, 0.2) is 0 Å². The fourth-order valence-electron chi connectivity index (χ4n) is 2.07. The van der Waals surface area contributed by atoms with Gasteiger partial charge in [0, 0.05) is 6.04 Å². The van der Waals surface area contributed by atoms with Gasteiger partial charge in [-0.05, 0) is 31.0 Å². The molecule has 0 spiro atoms. The molecule has 1 fully saturated rings. The van der Waals surface area contributed by atoms with Crippen LogP contribution in [0.4, 0.5) is 10.1 Å². The van der Waals surface area contributed by atoms with Gasteiger partial charge in [-0.25, -0.2) is 4.39 Å². The lowest BCUT2D eigenvalue weighted by Gasteiger charge is -2.15. The Bertz CT molecular complexity index is 596. The lowest BCUT2D eigenvalue weighted by Crippen LogP contribution is -2.40. The van der Waals surface area contributed by atoms with E-state index in [1.165, 1.54) is 6.07 Å². The summed E-state index contributed by atoms with van der Waals surface area (Å²) >= 11 is 0. The predicted octanol–water partition coefficient (Wildman–Crippen LogP) is 0.634. The molecular formula is C13H11FN2O3. The van der Waals surface area contributed by atoms with Crippen LogP contribution < -0.4 is 10.2 Å². The van der Waals surface area contributed by atoms with E-state index in [9.17, 15) is 18.8 Å². The molecule has 0 saturated heterocycles. The summed E-state index contributed by atoms with van der Waals surface area (Å²) in [4.78, 5) is 36.2. The van der Waals surface area contributed by atoms with E-state index in [1.807, 2.05) is 0 Å². The van der Waals surface area contributed by atoms with Crippen LogP contribution in [0.1, 0.15) is 23.2 Å². The first-order chi connectivity index (χ1) is 9.06. The Morgan fingerprint density at radius 3 is 2.79 bits per heavy atom. The monoisotopic (exact) mass is 262 g/mol. The maximum Gasteiger partial charge on any atom is 0.299 e. The van der Waals surface area contributed by atoms with Gasteiger partial charge in [0.1, 0.15) is 12.4 Å². The molecule has 0 radical (unpaired) electrons. The molecule has 5 nitrogen and oxygen atoms in total. The lowest BCUT2D eigenvalue weighted by molar-refractivity contribution is -0.122. The number of anilines is 1. The number of fused-ring (bicyclic) bond motifs is 1. The minimum Gasteiger partial charge on any atom is -0.352 e. The third-order valence-corrected chi connectivity index (χ3v) is 3.18. The van der Waals surface area contributed by atoms with Crippen molar-refractivity contribution in [2.75, 3.05) is 11.4 Å². The topological polar surface area (TPSA) is 66.5 Å². The molecule has 1 aliphatic heterocycles. The van der Waals surface area contributed by atoms with E-state index >= 15 is 0 Å². The number of halogens is 1. The zero-order valence-electron chi connectivity index (χ0n) is 9.98. The molecule has 1 N–H and O–H groups in total. The zero-order chi connectivity index (χ0) is 13.6. The van der Waals surface area contributed by atoms with Crippen LogP contribution in [-0.4, -0.2) is 30.2 Å². The first-order valence-electron chi connectivity index (χ1n) is 6.01. The number of nitrogens with one attached hydrogen (secondary N) is 1. The molecule has 3 rings (SSSR count). The first kappa shape index (κ1) is 11.8. The molecule has 2 aliphatic rings. The van der Waals surface area contributed by atoms with Crippen LogP contribution in [0, 0.1) is 5.82 Å². The van der Waals surface area contributed by atoms with E-state index in [1.54, 1.807) is 0 Å². The smallest absolute Gasteiger partial charge is 0.299 e. The van der Waals surface area contributed by atoms with Crippen LogP contribution in [0.5, 0.6) is 0 Å². The van der Waals surface area contributed by atoms with Crippen molar-refractivity contribution in [3.63, 3.8) is 0 Å². The number of benzene rings is 1. The van der Waals surface area contributed by atoms with E-state index in [0.717, 1.165) is 29.9 Å². The number of amides is 2. The maximum absolute atomic E-state index is 13.2. The minimum absolute atomic E-state index is 0.144. The number of nitrogens with zero attached hydrogens (tertiary/aromatic N) is 1. The molecule has 0 aromatic heterocycles. The van der Waals surface area contributed by atoms with Crippen molar-refractivity contribution in [2.45, 2.75) is 18.9 Å². The van der Waals surface area contributed by atoms with Gasteiger partial charge in [-0.1, -0.05) is 0 Å². The second-order valence-electron chi connectivity index (χ2n) is 4.72. The highest BCUT2D eigenvalue weighted by atomic mass is 19.1. The number of hydrogen-bond acceptors (Lipinski definition) is 3. The Balaban J connectivity index is 1.85. The van der Waals surface area contributed by atoms with Gasteiger partial charge in [0.05, 0.1) is 11.3 Å². The number of Topliss-reactive ketones (excluding diaryl/α,β-unsaturated/α-hetero) is 1. The second kappa shape index (κ2) is 4.15. The van der Waals surface area contributed by atoms with Gasteiger partial charge in [0.2, 0.25) is 5.91 Å². The molecule has 98 valence electrons. The number of carbonyl (C=O) groups excluding carboxylic acids is 3. The summed E-state index contributed by atoms with van der Waals surface area (Å²) in [6.45, 7) is -0.252. The molecule has 6 heteroatoms. The first-order valence-corrected chi connectivity index (χ1v) is 6.01. The van der Waals surface area contributed by atoms with Crippen LogP contribution in [0.2, 0.25) is 0 Å². The van der Waals surface area contributed by atoms with Gasteiger partial charge in [-0.15, -0.1) is 0 Å². The van der Waals surface area contributed by atoms with Gasteiger partial charge in [-0.2, -0.15) is 0 Å². The molecule has 1 aromatic rings. The minimum atomic E-state index is -0.786. The largest absolute Gasteiger partial charge is 0.352 e. The summed E-state index contributed by atoms with van der Waals surface area (Å²) in [6, 6.07) is 3.66. The van der Waals surface area contributed by atoms with Gasteiger partial charge >= 0.3 is 0 Å². The van der Waals surface area contributed by atoms with Crippen molar-refractivity contribution in [3.8, 4) is 0 Å². The van der Waals surface area contributed by atoms with E-state index in [4.69, 9.17) is 0 Å². The number of carbonyl (C=O) groups is 3. The average molecular weight is 262 g/mol. The quantitative estimate of drug-likeness (QED) is 0.813. The summed E-state index contributed by atoms with van der Waals surface area (Å²) in [7, 11) is 0. The highest BCUT2D eigenvalue weighted by molar-refractivity contribution is 6.52. The summed E-state index contributed by atoms with van der Waals surface area (Å²) < 4.78 is 13.2. The highest BCUT2D eigenvalue weighted by Crippen LogP contribution is 2.29. The fourth-order valence-corrected chi connectivity index (χ4v) is 2.07. The van der Waals surface area contributed by atoms with Crippen molar-refractivity contribution < 1.29 is 18.8 Å². The summed E-state index contributed by atoms with van der Waals surface area (Å²) in [6.07, 6.45) is 1.87. The van der Waals surface area contributed by atoms with E-state index < -0.39 is 17.5 Å². The number of ketones is 1. The van der Waals surface area contributed by atoms with Crippen molar-refractivity contribution in [1.29, 1.82) is 0 Å². The Labute approximate surface area is 108 Å². The molecular weight excluding hydrogens is 251 g/mol. The third kappa shape index (κ3) is 2.09. The molecule has 0 bridgehead atoms. The normalized spacial score (nSPS) is 17.6. The van der Waals surface area contributed by atoms with E-state index in [2.05, 4.69) is 5.32 Å². The average Bonchev–Trinajstić information content (AvgIpc) is 3.14.